The van der Waals surface area contributed by atoms with Gasteiger partial charge in [0.05, 0.1) is 0 Å². The molecule has 0 aromatic heterocycles. The summed E-state index contributed by atoms with van der Waals surface area (Å²) in [7, 11) is 0. The lowest BCUT2D eigenvalue weighted by atomic mass is 10.1. The Morgan fingerprint density at radius 2 is 2.00 bits per heavy atom. The molecule has 1 fully saturated rings. The van der Waals surface area contributed by atoms with E-state index in [0.717, 1.165) is 13.1 Å². The molecule has 1 aliphatic heterocycles. The molecule has 0 radical (unpaired) electrons. The maximum atomic E-state index is 3.60. The first kappa shape index (κ1) is 12.6. The van der Waals surface area contributed by atoms with Gasteiger partial charge in [0.25, 0.3) is 0 Å². The van der Waals surface area contributed by atoms with E-state index in [0.29, 0.717) is 12.1 Å². The Kier molecular flexibility index (Phi) is 4.19. The minimum Gasteiger partial charge on any atom is -0.311 e. The van der Waals surface area contributed by atoms with Gasteiger partial charge in [-0.05, 0) is 25.8 Å². The van der Waals surface area contributed by atoms with E-state index in [4.69, 9.17) is 0 Å². The van der Waals surface area contributed by atoms with E-state index in [1.54, 1.807) is 0 Å². The summed E-state index contributed by atoms with van der Waals surface area (Å²) >= 11 is 0. The van der Waals surface area contributed by atoms with Gasteiger partial charge in [0.15, 0.2) is 0 Å². The molecule has 1 aliphatic rings. The second-order valence-electron chi connectivity index (χ2n) is 5.28. The molecule has 94 valence electrons. The van der Waals surface area contributed by atoms with Crippen molar-refractivity contribution in [2.24, 2.45) is 0 Å². The summed E-state index contributed by atoms with van der Waals surface area (Å²) in [5.41, 5.74) is 2.77. The molecule has 17 heavy (non-hydrogen) atoms. The zero-order valence-electron chi connectivity index (χ0n) is 11.2. The lowest BCUT2D eigenvalue weighted by Crippen LogP contribution is -2.54. The molecule has 1 aromatic rings. The lowest BCUT2D eigenvalue weighted by Gasteiger charge is -2.38. The van der Waals surface area contributed by atoms with Crippen LogP contribution in [0.3, 0.4) is 0 Å². The van der Waals surface area contributed by atoms with Crippen LogP contribution in [0.1, 0.15) is 31.4 Å². The molecule has 1 aromatic carbocycles. The van der Waals surface area contributed by atoms with Gasteiger partial charge >= 0.3 is 0 Å². The zero-order chi connectivity index (χ0) is 12.3. The third-order valence-electron chi connectivity index (χ3n) is 3.78. The Balaban J connectivity index is 1.98. The maximum absolute atomic E-state index is 3.60. The van der Waals surface area contributed by atoms with Crippen LogP contribution in [-0.2, 0) is 6.54 Å². The van der Waals surface area contributed by atoms with Crippen molar-refractivity contribution in [3.8, 4) is 0 Å². The Morgan fingerprint density at radius 3 is 2.65 bits per heavy atom. The van der Waals surface area contributed by atoms with Crippen molar-refractivity contribution < 1.29 is 0 Å². The maximum Gasteiger partial charge on any atom is 0.0237 e. The topological polar surface area (TPSA) is 15.3 Å². The van der Waals surface area contributed by atoms with E-state index in [1.165, 1.54) is 24.1 Å². The van der Waals surface area contributed by atoms with Crippen molar-refractivity contribution in [2.45, 2.75) is 45.8 Å². The fourth-order valence-corrected chi connectivity index (χ4v) is 2.42. The molecule has 0 amide bonds. The molecule has 0 saturated carbocycles. The van der Waals surface area contributed by atoms with Crippen LogP contribution >= 0.6 is 0 Å². The van der Waals surface area contributed by atoms with Crippen molar-refractivity contribution in [1.82, 2.24) is 10.2 Å². The molecule has 2 heteroatoms. The van der Waals surface area contributed by atoms with Crippen LogP contribution in [-0.4, -0.2) is 30.1 Å². The second-order valence-corrected chi connectivity index (χ2v) is 5.28. The molecular formula is C15H24N2. The molecule has 2 unspecified atom stereocenters. The van der Waals surface area contributed by atoms with Gasteiger partial charge in [-0.15, -0.1) is 0 Å². The molecule has 0 aliphatic carbocycles. The summed E-state index contributed by atoms with van der Waals surface area (Å²) in [6.45, 7) is 10.1. The van der Waals surface area contributed by atoms with Crippen molar-refractivity contribution in [1.29, 1.82) is 0 Å². The van der Waals surface area contributed by atoms with Crippen LogP contribution in [0.2, 0.25) is 0 Å². The normalized spacial score (nSPS) is 26.1. The van der Waals surface area contributed by atoms with Crippen molar-refractivity contribution in [2.75, 3.05) is 13.1 Å². The molecule has 0 bridgehead atoms. The monoisotopic (exact) mass is 232 g/mol. The van der Waals surface area contributed by atoms with E-state index in [1.807, 2.05) is 0 Å². The third kappa shape index (κ3) is 3.30. The number of benzene rings is 1. The predicted octanol–water partition coefficient (Wildman–Crippen LogP) is 2.57. The number of aryl methyl sites for hydroxylation is 1. The van der Waals surface area contributed by atoms with Gasteiger partial charge in [0.2, 0.25) is 0 Å². The summed E-state index contributed by atoms with van der Waals surface area (Å²) in [5.74, 6) is 0. The average molecular weight is 232 g/mol. The van der Waals surface area contributed by atoms with E-state index in [9.17, 15) is 0 Å². The Labute approximate surface area is 105 Å². The Morgan fingerprint density at radius 1 is 1.29 bits per heavy atom. The highest BCUT2D eigenvalue weighted by molar-refractivity contribution is 5.21. The first-order valence-electron chi connectivity index (χ1n) is 6.72. The molecule has 1 N–H and O–H groups in total. The van der Waals surface area contributed by atoms with Gasteiger partial charge in [-0.2, -0.15) is 0 Å². The van der Waals surface area contributed by atoms with Crippen molar-refractivity contribution in [3.05, 3.63) is 35.4 Å². The van der Waals surface area contributed by atoms with E-state index >= 15 is 0 Å². The number of nitrogens with zero attached hydrogens (tertiary/aromatic N) is 1. The molecular weight excluding hydrogens is 208 g/mol. The Hall–Kier alpha value is -0.860. The first-order valence-corrected chi connectivity index (χ1v) is 6.72. The average Bonchev–Trinajstić information content (AvgIpc) is 2.35. The molecule has 2 rings (SSSR count). The molecule has 2 atom stereocenters. The lowest BCUT2D eigenvalue weighted by molar-refractivity contribution is 0.131. The van der Waals surface area contributed by atoms with Crippen LogP contribution in [0.4, 0.5) is 0 Å². The molecule has 1 heterocycles. The molecule has 1 saturated heterocycles. The summed E-state index contributed by atoms with van der Waals surface area (Å²) in [5, 5.41) is 3.60. The van der Waals surface area contributed by atoms with Crippen LogP contribution in [0.15, 0.2) is 24.3 Å². The summed E-state index contributed by atoms with van der Waals surface area (Å²) in [6.07, 6.45) is 1.22. The van der Waals surface area contributed by atoms with Gasteiger partial charge in [-0.25, -0.2) is 0 Å². The number of hydrogen-bond acceptors (Lipinski definition) is 2. The van der Waals surface area contributed by atoms with Crippen LogP contribution < -0.4 is 5.32 Å². The summed E-state index contributed by atoms with van der Waals surface area (Å²) < 4.78 is 0. The molecule has 2 nitrogen and oxygen atoms in total. The fourth-order valence-electron chi connectivity index (χ4n) is 2.42. The zero-order valence-corrected chi connectivity index (χ0v) is 11.2. The number of rotatable bonds is 3. The van der Waals surface area contributed by atoms with E-state index < -0.39 is 0 Å². The number of piperazine rings is 1. The SMILES string of the molecule is CCC1CN(Cc2ccc(C)cc2)C(C)CN1. The smallest absolute Gasteiger partial charge is 0.0237 e. The Bertz CT molecular complexity index is 344. The highest BCUT2D eigenvalue weighted by Crippen LogP contribution is 2.14. The van der Waals surface area contributed by atoms with Gasteiger partial charge < -0.3 is 5.32 Å². The highest BCUT2D eigenvalue weighted by atomic mass is 15.2. The van der Waals surface area contributed by atoms with Crippen molar-refractivity contribution >= 4 is 0 Å². The van der Waals surface area contributed by atoms with Crippen LogP contribution in [0.25, 0.3) is 0 Å². The van der Waals surface area contributed by atoms with Gasteiger partial charge in [0.1, 0.15) is 0 Å². The van der Waals surface area contributed by atoms with Gasteiger partial charge in [-0.1, -0.05) is 36.8 Å². The minimum absolute atomic E-state index is 0.638. The quantitative estimate of drug-likeness (QED) is 0.861. The fraction of sp³-hybridized carbons (Fsp3) is 0.600. The van der Waals surface area contributed by atoms with Gasteiger partial charge in [-0.3, -0.25) is 4.90 Å². The predicted molar refractivity (Wildman–Crippen MR) is 73.1 cm³/mol. The van der Waals surface area contributed by atoms with Crippen LogP contribution in [0, 0.1) is 6.92 Å². The largest absolute Gasteiger partial charge is 0.311 e. The van der Waals surface area contributed by atoms with Crippen LogP contribution in [0.5, 0.6) is 0 Å². The van der Waals surface area contributed by atoms with E-state index in [-0.39, 0.29) is 0 Å². The van der Waals surface area contributed by atoms with E-state index in [2.05, 4.69) is 55.3 Å². The first-order chi connectivity index (χ1) is 8.19. The molecule has 0 spiro atoms. The minimum atomic E-state index is 0.638. The summed E-state index contributed by atoms with van der Waals surface area (Å²) in [6, 6.07) is 10.2. The standard InChI is InChI=1S/C15H24N2/c1-4-15-11-17(13(3)9-16-15)10-14-7-5-12(2)6-8-14/h5-8,13,15-16H,4,9-11H2,1-3H3. The number of hydrogen-bond donors (Lipinski definition) is 1. The second kappa shape index (κ2) is 5.65. The van der Waals surface area contributed by atoms with Gasteiger partial charge in [0, 0.05) is 31.7 Å². The van der Waals surface area contributed by atoms with Crippen molar-refractivity contribution in [3.63, 3.8) is 0 Å². The number of nitrogens with one attached hydrogen (secondary N) is 1. The highest BCUT2D eigenvalue weighted by Gasteiger charge is 2.23. The third-order valence-corrected chi connectivity index (χ3v) is 3.78. The summed E-state index contributed by atoms with van der Waals surface area (Å²) in [4.78, 5) is 2.59.